The summed E-state index contributed by atoms with van der Waals surface area (Å²) in [6.45, 7) is 4.08. The molecule has 6 nitrogen and oxygen atoms in total. The molecule has 3 N–H and O–H groups in total. The third-order valence-corrected chi connectivity index (χ3v) is 5.66. The highest BCUT2D eigenvalue weighted by Gasteiger charge is 2.35. The van der Waals surface area contributed by atoms with Gasteiger partial charge in [0, 0.05) is 29.8 Å². The van der Waals surface area contributed by atoms with Gasteiger partial charge in [0.15, 0.2) is 0 Å². The fraction of sp³-hybridized carbons (Fsp3) is 0.348. The zero-order valence-corrected chi connectivity index (χ0v) is 18.2. The van der Waals surface area contributed by atoms with E-state index in [9.17, 15) is 4.79 Å². The summed E-state index contributed by atoms with van der Waals surface area (Å²) in [5.41, 5.74) is 2.78. The summed E-state index contributed by atoms with van der Waals surface area (Å²) in [6.07, 6.45) is 0.771. The second kappa shape index (κ2) is 9.30. The lowest BCUT2D eigenvalue weighted by molar-refractivity contribution is -0.121. The van der Waals surface area contributed by atoms with Crippen LogP contribution in [0, 0.1) is 16.7 Å². The zero-order chi connectivity index (χ0) is 21.8. The van der Waals surface area contributed by atoms with E-state index in [2.05, 4.69) is 5.32 Å². The third-order valence-electron chi connectivity index (χ3n) is 5.41. The van der Waals surface area contributed by atoms with Crippen LogP contribution in [-0.4, -0.2) is 31.2 Å². The van der Waals surface area contributed by atoms with Crippen molar-refractivity contribution in [3.63, 3.8) is 0 Å². The molecule has 1 aliphatic heterocycles. The molecule has 2 atom stereocenters. The number of anilines is 1. The predicted molar refractivity (Wildman–Crippen MR) is 121 cm³/mol. The average molecular weight is 427 g/mol. The first-order chi connectivity index (χ1) is 14.3. The number of hydrogen-bond acceptors (Lipinski definition) is 4. The Bertz CT molecular complexity index is 958. The van der Waals surface area contributed by atoms with Crippen LogP contribution < -0.4 is 15.0 Å². The molecule has 0 bridgehead atoms. The van der Waals surface area contributed by atoms with Crippen LogP contribution in [0.25, 0.3) is 0 Å². The van der Waals surface area contributed by atoms with Crippen molar-refractivity contribution in [1.82, 2.24) is 5.32 Å². The molecule has 2 aromatic carbocycles. The molecule has 1 amide bonds. The summed E-state index contributed by atoms with van der Waals surface area (Å²) in [4.78, 5) is 14.0. The highest BCUT2D eigenvalue weighted by Crippen LogP contribution is 2.43. The van der Waals surface area contributed by atoms with Gasteiger partial charge in [0.2, 0.25) is 5.91 Å². The van der Waals surface area contributed by atoms with Crippen molar-refractivity contribution in [2.24, 2.45) is 5.92 Å². The van der Waals surface area contributed by atoms with Gasteiger partial charge in [0.25, 0.3) is 0 Å². The molecule has 1 heterocycles. The van der Waals surface area contributed by atoms with E-state index in [1.165, 1.54) is 0 Å². The highest BCUT2D eigenvalue weighted by atomic mass is 35.5. The molecule has 0 aliphatic carbocycles. The van der Waals surface area contributed by atoms with Crippen LogP contribution in [0.2, 0.25) is 5.02 Å². The molecule has 0 radical (unpaired) electrons. The van der Waals surface area contributed by atoms with Crippen molar-refractivity contribution in [3.05, 3.63) is 58.6 Å². The first-order valence-electron chi connectivity index (χ1n) is 9.99. The minimum Gasteiger partial charge on any atom is -0.497 e. The molecular weight excluding hydrogens is 400 g/mol. The number of methoxy groups -OCH3 is 1. The number of nitrogens with zero attached hydrogens (tertiary/aromatic N) is 1. The molecule has 0 spiro atoms. The molecule has 3 rings (SSSR count). The topological polar surface area (TPSA) is 89.3 Å². The minimum atomic E-state index is -0.337. The number of benzene rings is 2. The Morgan fingerprint density at radius 1 is 1.27 bits per heavy atom. The molecule has 1 aliphatic rings. The number of rotatable bonds is 5. The Labute approximate surface area is 182 Å². The van der Waals surface area contributed by atoms with E-state index in [-0.39, 0.29) is 35.8 Å². The van der Waals surface area contributed by atoms with E-state index in [1.54, 1.807) is 18.9 Å². The number of ether oxygens (including phenoxy) is 1. The molecule has 0 saturated carbocycles. The Morgan fingerprint density at radius 2 is 1.97 bits per heavy atom. The largest absolute Gasteiger partial charge is 0.497 e. The molecule has 30 heavy (non-hydrogen) atoms. The summed E-state index contributed by atoms with van der Waals surface area (Å²) < 4.78 is 5.46. The number of amides is 1. The highest BCUT2D eigenvalue weighted by molar-refractivity contribution is 6.30. The summed E-state index contributed by atoms with van der Waals surface area (Å²) in [5.74, 6) is 0.713. The monoisotopic (exact) mass is 426 g/mol. The van der Waals surface area contributed by atoms with Gasteiger partial charge >= 0.3 is 0 Å². The van der Waals surface area contributed by atoms with Crippen molar-refractivity contribution in [1.29, 1.82) is 10.8 Å². The maximum Gasteiger partial charge on any atom is 0.220 e. The van der Waals surface area contributed by atoms with E-state index < -0.39 is 0 Å². The zero-order valence-electron chi connectivity index (χ0n) is 17.5. The molecule has 0 fully saturated rings. The second-order valence-electron chi connectivity index (χ2n) is 7.43. The van der Waals surface area contributed by atoms with Gasteiger partial charge in [0.05, 0.1) is 12.8 Å². The Kier molecular flexibility index (Phi) is 6.77. The number of halogens is 1. The molecule has 0 aromatic heterocycles. The van der Waals surface area contributed by atoms with Crippen LogP contribution in [0.15, 0.2) is 42.5 Å². The van der Waals surface area contributed by atoms with Gasteiger partial charge in [-0.15, -0.1) is 0 Å². The SMILES string of the molecule is CCNC(=O)CC1CC(c2ccc(Cl)cc2)c2cc(OC)ccc2N(C(C)=N)C1=N. The molecular formula is C23H27ClN4O2. The maximum atomic E-state index is 12.4. The van der Waals surface area contributed by atoms with Crippen LogP contribution in [-0.2, 0) is 4.79 Å². The number of carbonyl (C=O) groups excluding carboxylic acids is 1. The van der Waals surface area contributed by atoms with E-state index in [1.807, 2.05) is 49.4 Å². The van der Waals surface area contributed by atoms with Gasteiger partial charge in [-0.1, -0.05) is 23.7 Å². The lowest BCUT2D eigenvalue weighted by Crippen LogP contribution is -2.40. The van der Waals surface area contributed by atoms with E-state index in [0.29, 0.717) is 23.7 Å². The first kappa shape index (κ1) is 21.8. The van der Waals surface area contributed by atoms with Gasteiger partial charge in [-0.2, -0.15) is 0 Å². The van der Waals surface area contributed by atoms with Crippen molar-refractivity contribution < 1.29 is 9.53 Å². The number of carbonyl (C=O) groups is 1. The second-order valence-corrected chi connectivity index (χ2v) is 7.86. The van der Waals surface area contributed by atoms with Gasteiger partial charge in [-0.05, 0) is 61.7 Å². The Balaban J connectivity index is 2.16. The van der Waals surface area contributed by atoms with Crippen molar-refractivity contribution in [3.8, 4) is 5.75 Å². The van der Waals surface area contributed by atoms with Crippen molar-refractivity contribution >= 4 is 34.9 Å². The number of hydrogen-bond donors (Lipinski definition) is 3. The van der Waals surface area contributed by atoms with Crippen LogP contribution in [0.1, 0.15) is 43.7 Å². The fourth-order valence-electron chi connectivity index (χ4n) is 4.02. The van der Waals surface area contributed by atoms with Crippen LogP contribution in [0.3, 0.4) is 0 Å². The molecule has 2 unspecified atom stereocenters. The fourth-order valence-corrected chi connectivity index (χ4v) is 4.15. The van der Waals surface area contributed by atoms with Gasteiger partial charge < -0.3 is 10.1 Å². The Hall–Kier alpha value is -2.86. The summed E-state index contributed by atoms with van der Waals surface area (Å²) >= 11 is 6.11. The lowest BCUT2D eigenvalue weighted by atomic mass is 9.82. The molecule has 0 saturated heterocycles. The normalized spacial score (nSPS) is 18.4. The van der Waals surface area contributed by atoms with Crippen molar-refractivity contribution in [2.45, 2.75) is 32.6 Å². The standard InChI is InChI=1S/C23H27ClN4O2/c1-4-27-22(29)12-16-11-19(15-5-7-17(24)8-6-15)20-13-18(30-3)9-10-21(20)28(14(2)25)23(16)26/h5-10,13,16,19,25-26H,4,11-12H2,1-3H3,(H,27,29). The quantitative estimate of drug-likeness (QED) is 0.473. The summed E-state index contributed by atoms with van der Waals surface area (Å²) in [7, 11) is 1.62. The average Bonchev–Trinajstić information content (AvgIpc) is 2.83. The maximum absolute atomic E-state index is 12.4. The third kappa shape index (κ3) is 4.49. The summed E-state index contributed by atoms with van der Waals surface area (Å²) in [5, 5.41) is 20.7. The van der Waals surface area contributed by atoms with Crippen molar-refractivity contribution in [2.75, 3.05) is 18.6 Å². The number of fused-ring (bicyclic) bond motifs is 1. The molecule has 2 aromatic rings. The first-order valence-corrected chi connectivity index (χ1v) is 10.4. The summed E-state index contributed by atoms with van der Waals surface area (Å²) in [6, 6.07) is 13.4. The van der Waals surface area contributed by atoms with Gasteiger partial charge in [-0.3, -0.25) is 20.5 Å². The Morgan fingerprint density at radius 3 is 2.57 bits per heavy atom. The molecule has 158 valence electrons. The van der Waals surface area contributed by atoms with E-state index in [4.69, 9.17) is 27.2 Å². The predicted octanol–water partition coefficient (Wildman–Crippen LogP) is 4.81. The van der Waals surface area contributed by atoms with E-state index in [0.717, 1.165) is 16.8 Å². The van der Waals surface area contributed by atoms with Crippen LogP contribution in [0.5, 0.6) is 5.75 Å². The van der Waals surface area contributed by atoms with E-state index >= 15 is 0 Å². The molecule has 7 heteroatoms. The smallest absolute Gasteiger partial charge is 0.220 e. The lowest BCUT2D eigenvalue weighted by Gasteiger charge is -2.27. The van der Waals surface area contributed by atoms with Gasteiger partial charge in [-0.25, -0.2) is 0 Å². The minimum absolute atomic E-state index is 0.0727. The van der Waals surface area contributed by atoms with Crippen LogP contribution in [0.4, 0.5) is 5.69 Å². The van der Waals surface area contributed by atoms with Gasteiger partial charge in [0.1, 0.15) is 17.4 Å². The van der Waals surface area contributed by atoms with Crippen LogP contribution >= 0.6 is 11.6 Å². The number of amidine groups is 2. The number of nitrogens with one attached hydrogen (secondary N) is 3.